The van der Waals surface area contributed by atoms with Crippen LogP contribution in [0.3, 0.4) is 0 Å². The van der Waals surface area contributed by atoms with Crippen LogP contribution in [0.1, 0.15) is 37.5 Å². The Hall–Kier alpha value is -0.650. The third kappa shape index (κ3) is 3.67. The zero-order valence-electron chi connectivity index (χ0n) is 11.1. The van der Waals surface area contributed by atoms with Gasteiger partial charge < -0.3 is 10.4 Å². The summed E-state index contributed by atoms with van der Waals surface area (Å²) in [5.74, 6) is 0. The van der Waals surface area contributed by atoms with E-state index in [1.165, 1.54) is 30.6 Å². The molecule has 18 heavy (non-hydrogen) atoms. The molecular weight excluding hydrogens is 246 g/mol. The van der Waals surface area contributed by atoms with Crippen molar-refractivity contribution in [3.63, 3.8) is 0 Å². The van der Waals surface area contributed by atoms with E-state index in [0.717, 1.165) is 24.8 Å². The summed E-state index contributed by atoms with van der Waals surface area (Å²) in [6, 6.07) is 0.654. The molecule has 4 nitrogen and oxygen atoms in total. The maximum absolute atomic E-state index is 9.20. The summed E-state index contributed by atoms with van der Waals surface area (Å²) in [4.78, 5) is 8.06. The van der Waals surface area contributed by atoms with Crippen LogP contribution in [0.15, 0.2) is 6.20 Å². The molecule has 1 heterocycles. The topological polar surface area (TPSA) is 48.4 Å². The Balaban J connectivity index is 1.93. The Labute approximate surface area is 113 Å². The summed E-state index contributed by atoms with van der Waals surface area (Å²) in [6.07, 6.45) is 7.18. The van der Waals surface area contributed by atoms with Gasteiger partial charge in [0.15, 0.2) is 5.13 Å². The highest BCUT2D eigenvalue weighted by Gasteiger charge is 2.22. The number of aromatic nitrogens is 1. The Morgan fingerprint density at radius 3 is 2.94 bits per heavy atom. The van der Waals surface area contributed by atoms with Gasteiger partial charge in [0.05, 0.1) is 6.61 Å². The van der Waals surface area contributed by atoms with Crippen LogP contribution in [0.4, 0.5) is 5.13 Å². The first-order valence-electron chi connectivity index (χ1n) is 6.87. The molecule has 0 radical (unpaired) electrons. The summed E-state index contributed by atoms with van der Waals surface area (Å²) < 4.78 is 0. The second-order valence-electron chi connectivity index (χ2n) is 4.79. The summed E-state index contributed by atoms with van der Waals surface area (Å²) in [5, 5.41) is 13.4. The van der Waals surface area contributed by atoms with E-state index in [1.807, 2.05) is 6.20 Å². The van der Waals surface area contributed by atoms with Crippen LogP contribution in [0.5, 0.6) is 0 Å². The molecular formula is C13H23N3OS. The molecule has 0 amide bonds. The van der Waals surface area contributed by atoms with Crippen molar-refractivity contribution >= 4 is 16.5 Å². The highest BCUT2D eigenvalue weighted by atomic mass is 32.1. The van der Waals surface area contributed by atoms with Gasteiger partial charge in [0, 0.05) is 36.8 Å². The van der Waals surface area contributed by atoms with E-state index in [0.29, 0.717) is 6.04 Å². The van der Waals surface area contributed by atoms with Crippen LogP contribution < -0.4 is 5.32 Å². The van der Waals surface area contributed by atoms with Crippen LogP contribution in [0.25, 0.3) is 0 Å². The van der Waals surface area contributed by atoms with Gasteiger partial charge in [0.2, 0.25) is 0 Å². The number of hydrogen-bond acceptors (Lipinski definition) is 5. The van der Waals surface area contributed by atoms with Crippen molar-refractivity contribution in [1.29, 1.82) is 0 Å². The van der Waals surface area contributed by atoms with Crippen molar-refractivity contribution in [1.82, 2.24) is 9.88 Å². The number of anilines is 1. The molecule has 0 unspecified atom stereocenters. The molecule has 102 valence electrons. The Morgan fingerprint density at radius 1 is 1.50 bits per heavy atom. The minimum absolute atomic E-state index is 0.245. The third-order valence-corrected chi connectivity index (χ3v) is 4.41. The van der Waals surface area contributed by atoms with Crippen LogP contribution >= 0.6 is 11.3 Å². The quantitative estimate of drug-likeness (QED) is 0.797. The van der Waals surface area contributed by atoms with E-state index in [2.05, 4.69) is 22.1 Å². The van der Waals surface area contributed by atoms with E-state index in [4.69, 9.17) is 0 Å². The minimum Gasteiger partial charge on any atom is -0.395 e. The molecule has 0 bridgehead atoms. The lowest BCUT2D eigenvalue weighted by molar-refractivity contribution is 0.146. The van der Waals surface area contributed by atoms with E-state index in [1.54, 1.807) is 11.3 Å². The van der Waals surface area contributed by atoms with Crippen molar-refractivity contribution in [2.75, 3.05) is 25.0 Å². The molecule has 0 spiro atoms. The Morgan fingerprint density at radius 2 is 2.28 bits per heavy atom. The lowest BCUT2D eigenvalue weighted by Gasteiger charge is -2.27. The van der Waals surface area contributed by atoms with Gasteiger partial charge in [-0.1, -0.05) is 12.8 Å². The number of rotatable bonds is 7. The number of thiazole rings is 1. The fourth-order valence-corrected chi connectivity index (χ4v) is 3.51. The molecule has 2 rings (SSSR count). The highest BCUT2D eigenvalue weighted by Crippen LogP contribution is 2.26. The molecule has 1 aromatic rings. The van der Waals surface area contributed by atoms with Gasteiger partial charge in [-0.05, 0) is 19.8 Å². The number of aliphatic hydroxyl groups excluding tert-OH is 1. The summed E-state index contributed by atoms with van der Waals surface area (Å²) in [5.41, 5.74) is 0. The predicted molar refractivity (Wildman–Crippen MR) is 76.0 cm³/mol. The molecule has 1 aromatic heterocycles. The lowest BCUT2D eigenvalue weighted by atomic mass is 10.2. The number of nitrogens with zero attached hydrogens (tertiary/aromatic N) is 2. The van der Waals surface area contributed by atoms with E-state index < -0.39 is 0 Å². The Bertz CT molecular complexity index is 350. The zero-order chi connectivity index (χ0) is 12.8. The third-order valence-electron chi connectivity index (χ3n) is 3.47. The van der Waals surface area contributed by atoms with Gasteiger partial charge in [-0.25, -0.2) is 4.98 Å². The van der Waals surface area contributed by atoms with Gasteiger partial charge in [0.25, 0.3) is 0 Å². The van der Waals surface area contributed by atoms with Crippen molar-refractivity contribution in [3.8, 4) is 0 Å². The average Bonchev–Trinajstić information content (AvgIpc) is 3.00. The zero-order valence-corrected chi connectivity index (χ0v) is 11.9. The molecule has 0 aromatic carbocycles. The fraction of sp³-hybridized carbons (Fsp3) is 0.769. The van der Waals surface area contributed by atoms with Crippen molar-refractivity contribution in [3.05, 3.63) is 11.1 Å². The van der Waals surface area contributed by atoms with Gasteiger partial charge >= 0.3 is 0 Å². The summed E-state index contributed by atoms with van der Waals surface area (Å²) in [7, 11) is 0. The largest absolute Gasteiger partial charge is 0.395 e. The summed E-state index contributed by atoms with van der Waals surface area (Å²) in [6.45, 7) is 4.94. The first kappa shape index (κ1) is 13.8. The van der Waals surface area contributed by atoms with E-state index in [-0.39, 0.29) is 6.61 Å². The van der Waals surface area contributed by atoms with Crippen molar-refractivity contribution in [2.24, 2.45) is 0 Å². The maximum atomic E-state index is 9.20. The maximum Gasteiger partial charge on any atom is 0.182 e. The predicted octanol–water partition coefficient (Wildman–Crippen LogP) is 2.31. The molecule has 5 heteroatoms. The first-order valence-corrected chi connectivity index (χ1v) is 7.68. The monoisotopic (exact) mass is 269 g/mol. The molecule has 0 saturated heterocycles. The molecule has 0 atom stereocenters. The fourth-order valence-electron chi connectivity index (χ4n) is 2.60. The molecule has 1 aliphatic rings. The average molecular weight is 269 g/mol. The first-order chi connectivity index (χ1) is 8.83. The van der Waals surface area contributed by atoms with Crippen LogP contribution in [0, 0.1) is 0 Å². The SMILES string of the molecule is CCNc1ncc(CN(CCO)C2CCCC2)s1. The molecule has 1 fully saturated rings. The molecule has 0 aliphatic heterocycles. The van der Waals surface area contributed by atoms with Gasteiger partial charge in [-0.2, -0.15) is 0 Å². The highest BCUT2D eigenvalue weighted by molar-refractivity contribution is 7.15. The minimum atomic E-state index is 0.245. The van der Waals surface area contributed by atoms with Gasteiger partial charge in [-0.15, -0.1) is 11.3 Å². The number of nitrogens with one attached hydrogen (secondary N) is 1. The lowest BCUT2D eigenvalue weighted by Crippen LogP contribution is -2.34. The Kier molecular flexibility index (Phi) is 5.41. The van der Waals surface area contributed by atoms with Gasteiger partial charge in [0.1, 0.15) is 0 Å². The second kappa shape index (κ2) is 7.07. The molecule has 1 saturated carbocycles. The van der Waals surface area contributed by atoms with Crippen molar-refractivity contribution in [2.45, 2.75) is 45.2 Å². The summed E-state index contributed by atoms with van der Waals surface area (Å²) >= 11 is 1.72. The van der Waals surface area contributed by atoms with Crippen LogP contribution in [-0.2, 0) is 6.54 Å². The molecule has 1 aliphatic carbocycles. The van der Waals surface area contributed by atoms with Gasteiger partial charge in [-0.3, -0.25) is 4.90 Å². The van der Waals surface area contributed by atoms with Crippen molar-refractivity contribution < 1.29 is 5.11 Å². The number of aliphatic hydroxyl groups is 1. The van der Waals surface area contributed by atoms with Crippen LogP contribution in [0.2, 0.25) is 0 Å². The number of hydrogen-bond donors (Lipinski definition) is 2. The van der Waals surface area contributed by atoms with E-state index in [9.17, 15) is 5.11 Å². The van der Waals surface area contributed by atoms with Crippen LogP contribution in [-0.4, -0.2) is 40.7 Å². The normalized spacial score (nSPS) is 16.6. The molecule has 2 N–H and O–H groups in total. The smallest absolute Gasteiger partial charge is 0.182 e. The second-order valence-corrected chi connectivity index (χ2v) is 5.91. The van der Waals surface area contributed by atoms with E-state index >= 15 is 0 Å². The standard InChI is InChI=1S/C13H23N3OS/c1-2-14-13-15-9-12(18-13)10-16(7-8-17)11-5-3-4-6-11/h9,11,17H,2-8,10H2,1H3,(H,14,15).